The fraction of sp³-hybridized carbons (Fsp3) is 0.714. The summed E-state index contributed by atoms with van der Waals surface area (Å²) in [5.74, 6) is 0.229. The Kier molecular flexibility index (Phi) is 4.32. The van der Waals surface area contributed by atoms with Crippen LogP contribution in [0.3, 0.4) is 0 Å². The molecule has 0 saturated heterocycles. The number of nitrogens with one attached hydrogen (secondary N) is 2. The summed E-state index contributed by atoms with van der Waals surface area (Å²) < 4.78 is 0. The fourth-order valence-electron chi connectivity index (χ4n) is 1.87. The SMILES string of the molecule is CC(C)(C)NC(Cc1cnc[nH]1)C(=O)C(C)(C)C. The summed E-state index contributed by atoms with van der Waals surface area (Å²) in [5.41, 5.74) is 0.545. The predicted octanol–water partition coefficient (Wildman–Crippen LogP) is 2.32. The molecule has 0 spiro atoms. The molecule has 0 bridgehead atoms. The minimum absolute atomic E-state index is 0.0917. The maximum absolute atomic E-state index is 12.5. The first-order chi connectivity index (χ1) is 8.09. The number of ketones is 1. The predicted molar refractivity (Wildman–Crippen MR) is 73.4 cm³/mol. The van der Waals surface area contributed by atoms with Gasteiger partial charge in [0.25, 0.3) is 0 Å². The van der Waals surface area contributed by atoms with Crippen LogP contribution in [-0.2, 0) is 11.2 Å². The first-order valence-corrected chi connectivity index (χ1v) is 6.39. The lowest BCUT2D eigenvalue weighted by Crippen LogP contribution is -2.51. The summed E-state index contributed by atoms with van der Waals surface area (Å²) in [5, 5.41) is 3.40. The van der Waals surface area contributed by atoms with Crippen molar-refractivity contribution >= 4 is 5.78 Å². The van der Waals surface area contributed by atoms with Crippen LogP contribution in [0.2, 0.25) is 0 Å². The molecule has 102 valence electrons. The number of H-pyrrole nitrogens is 1. The number of imidazole rings is 1. The van der Waals surface area contributed by atoms with E-state index in [2.05, 4.69) is 36.1 Å². The van der Waals surface area contributed by atoms with Gasteiger partial charge in [-0.1, -0.05) is 20.8 Å². The topological polar surface area (TPSA) is 57.8 Å². The average molecular weight is 251 g/mol. The van der Waals surface area contributed by atoms with Gasteiger partial charge < -0.3 is 10.3 Å². The van der Waals surface area contributed by atoms with E-state index in [1.165, 1.54) is 0 Å². The van der Waals surface area contributed by atoms with Gasteiger partial charge in [0.05, 0.1) is 12.4 Å². The molecular formula is C14H25N3O. The van der Waals surface area contributed by atoms with Crippen molar-refractivity contribution in [1.82, 2.24) is 15.3 Å². The Labute approximate surface area is 110 Å². The molecule has 0 fully saturated rings. The van der Waals surface area contributed by atoms with E-state index >= 15 is 0 Å². The van der Waals surface area contributed by atoms with Gasteiger partial charge in [0.15, 0.2) is 5.78 Å². The van der Waals surface area contributed by atoms with Crippen LogP contribution in [0.4, 0.5) is 0 Å². The normalized spacial score (nSPS) is 14.6. The zero-order valence-electron chi connectivity index (χ0n) is 12.3. The van der Waals surface area contributed by atoms with Crippen molar-refractivity contribution in [3.63, 3.8) is 0 Å². The van der Waals surface area contributed by atoms with Crippen LogP contribution in [0.25, 0.3) is 0 Å². The molecule has 4 heteroatoms. The van der Waals surface area contributed by atoms with Crippen molar-refractivity contribution in [2.45, 2.75) is 59.5 Å². The fourth-order valence-corrected chi connectivity index (χ4v) is 1.87. The van der Waals surface area contributed by atoms with Gasteiger partial charge >= 0.3 is 0 Å². The molecule has 0 saturated carbocycles. The van der Waals surface area contributed by atoms with E-state index < -0.39 is 0 Å². The van der Waals surface area contributed by atoms with Crippen molar-refractivity contribution in [2.24, 2.45) is 5.41 Å². The Hall–Kier alpha value is -1.16. The molecule has 0 radical (unpaired) electrons. The second-order valence-electron chi connectivity index (χ2n) is 6.84. The Morgan fingerprint density at radius 2 is 1.94 bits per heavy atom. The van der Waals surface area contributed by atoms with Gasteiger partial charge in [-0.3, -0.25) is 4.79 Å². The summed E-state index contributed by atoms with van der Waals surface area (Å²) in [6.07, 6.45) is 4.06. The molecule has 2 N–H and O–H groups in total. The molecule has 4 nitrogen and oxygen atoms in total. The highest BCUT2D eigenvalue weighted by molar-refractivity contribution is 5.89. The van der Waals surface area contributed by atoms with Gasteiger partial charge in [-0.25, -0.2) is 4.98 Å². The number of carbonyl (C=O) groups is 1. The number of hydrogen-bond donors (Lipinski definition) is 2. The first-order valence-electron chi connectivity index (χ1n) is 6.39. The number of aromatic amines is 1. The first kappa shape index (κ1) is 14.9. The molecule has 1 heterocycles. The van der Waals surface area contributed by atoms with Gasteiger partial charge in [0.1, 0.15) is 0 Å². The molecular weight excluding hydrogens is 226 g/mol. The van der Waals surface area contributed by atoms with Crippen molar-refractivity contribution in [3.05, 3.63) is 18.2 Å². The van der Waals surface area contributed by atoms with Crippen molar-refractivity contribution < 1.29 is 4.79 Å². The third-order valence-electron chi connectivity index (χ3n) is 2.64. The quantitative estimate of drug-likeness (QED) is 0.863. The highest BCUT2D eigenvalue weighted by atomic mass is 16.1. The standard InChI is InChI=1S/C14H25N3O/c1-13(2,3)12(18)11(17-14(4,5)6)7-10-8-15-9-16-10/h8-9,11,17H,7H2,1-6H3,(H,15,16). The molecule has 1 aromatic heterocycles. The Morgan fingerprint density at radius 1 is 1.33 bits per heavy atom. The molecule has 18 heavy (non-hydrogen) atoms. The third-order valence-corrected chi connectivity index (χ3v) is 2.64. The molecule has 0 amide bonds. The largest absolute Gasteiger partial charge is 0.348 e. The summed E-state index contributed by atoms with van der Waals surface area (Å²) in [7, 11) is 0. The maximum atomic E-state index is 12.5. The van der Waals surface area contributed by atoms with Gasteiger partial charge in [-0.2, -0.15) is 0 Å². The van der Waals surface area contributed by atoms with Gasteiger partial charge in [-0.05, 0) is 20.8 Å². The lowest BCUT2D eigenvalue weighted by Gasteiger charge is -2.31. The number of Topliss-reactive ketones (excluding diaryl/α,β-unsaturated/α-hetero) is 1. The lowest BCUT2D eigenvalue weighted by atomic mass is 9.84. The van der Waals surface area contributed by atoms with E-state index in [0.29, 0.717) is 6.42 Å². The van der Waals surface area contributed by atoms with Crippen molar-refractivity contribution in [1.29, 1.82) is 0 Å². The highest BCUT2D eigenvalue weighted by Crippen LogP contribution is 2.20. The molecule has 0 aliphatic carbocycles. The minimum Gasteiger partial charge on any atom is -0.348 e. The molecule has 1 unspecified atom stereocenters. The zero-order valence-corrected chi connectivity index (χ0v) is 12.3. The summed E-state index contributed by atoms with van der Waals surface area (Å²) in [4.78, 5) is 19.5. The maximum Gasteiger partial charge on any atom is 0.155 e. The van der Waals surface area contributed by atoms with Crippen LogP contribution in [0, 0.1) is 5.41 Å². The Bertz CT molecular complexity index is 382. The number of carbonyl (C=O) groups excluding carboxylic acids is 1. The summed E-state index contributed by atoms with van der Waals surface area (Å²) in [6.45, 7) is 12.1. The van der Waals surface area contributed by atoms with E-state index in [1.54, 1.807) is 12.5 Å². The second-order valence-corrected chi connectivity index (χ2v) is 6.84. The Morgan fingerprint density at radius 3 is 2.33 bits per heavy atom. The van der Waals surface area contributed by atoms with E-state index in [4.69, 9.17) is 0 Å². The van der Waals surface area contributed by atoms with Crippen LogP contribution >= 0.6 is 0 Å². The Balaban J connectivity index is 2.85. The highest BCUT2D eigenvalue weighted by Gasteiger charge is 2.32. The lowest BCUT2D eigenvalue weighted by molar-refractivity contribution is -0.128. The molecule has 0 aliphatic rings. The van der Waals surface area contributed by atoms with Crippen LogP contribution in [-0.4, -0.2) is 27.3 Å². The summed E-state index contributed by atoms with van der Waals surface area (Å²) >= 11 is 0. The molecule has 1 atom stereocenters. The van der Waals surface area contributed by atoms with Crippen LogP contribution in [0.5, 0.6) is 0 Å². The van der Waals surface area contributed by atoms with Crippen LogP contribution < -0.4 is 5.32 Å². The second kappa shape index (κ2) is 5.22. The zero-order chi connectivity index (χ0) is 14.0. The van der Waals surface area contributed by atoms with E-state index in [9.17, 15) is 4.79 Å². The van der Waals surface area contributed by atoms with Gasteiger partial charge in [-0.15, -0.1) is 0 Å². The molecule has 1 rings (SSSR count). The smallest absolute Gasteiger partial charge is 0.155 e. The van der Waals surface area contributed by atoms with Crippen LogP contribution in [0.1, 0.15) is 47.2 Å². The number of nitrogens with zero attached hydrogens (tertiary/aromatic N) is 1. The number of rotatable bonds is 4. The van der Waals surface area contributed by atoms with Crippen LogP contribution in [0.15, 0.2) is 12.5 Å². The van der Waals surface area contributed by atoms with Gasteiger partial charge in [0.2, 0.25) is 0 Å². The summed E-state index contributed by atoms with van der Waals surface area (Å²) in [6, 6.07) is -0.189. The monoisotopic (exact) mass is 251 g/mol. The van der Waals surface area contributed by atoms with Crippen molar-refractivity contribution in [3.8, 4) is 0 Å². The average Bonchev–Trinajstić information content (AvgIpc) is 2.64. The number of aromatic nitrogens is 2. The van der Waals surface area contributed by atoms with Gasteiger partial charge in [0, 0.05) is 29.3 Å². The van der Waals surface area contributed by atoms with E-state index in [0.717, 1.165) is 5.69 Å². The van der Waals surface area contributed by atoms with Crippen molar-refractivity contribution in [2.75, 3.05) is 0 Å². The number of hydrogen-bond acceptors (Lipinski definition) is 3. The third kappa shape index (κ3) is 4.61. The molecule has 0 aliphatic heterocycles. The van der Waals surface area contributed by atoms with E-state index in [1.807, 2.05) is 20.8 Å². The molecule has 1 aromatic rings. The molecule has 0 aromatic carbocycles. The van der Waals surface area contributed by atoms with E-state index in [-0.39, 0.29) is 22.8 Å². The minimum atomic E-state index is -0.344.